The van der Waals surface area contributed by atoms with E-state index < -0.39 is 10.0 Å². The number of thioether (sulfide) groups is 2. The lowest BCUT2D eigenvalue weighted by Gasteiger charge is -2.31. The van der Waals surface area contributed by atoms with Crippen LogP contribution in [0.4, 0.5) is 0 Å². The van der Waals surface area contributed by atoms with Crippen molar-refractivity contribution >= 4 is 29.5 Å². The molecule has 1 fully saturated rings. The maximum atomic E-state index is 11.5. The highest BCUT2D eigenvalue weighted by Gasteiger charge is 2.41. The van der Waals surface area contributed by atoms with Crippen LogP contribution in [-0.4, -0.2) is 26.7 Å². The molecule has 0 radical (unpaired) electrons. The Morgan fingerprint density at radius 3 is 2.44 bits per heavy atom. The van der Waals surface area contributed by atoms with Crippen LogP contribution in [0.2, 0.25) is 0 Å². The van der Waals surface area contributed by atoms with Gasteiger partial charge in [-0.05, 0) is 35.6 Å². The number of rotatable bonds is 3. The SMILES string of the molecule is N#Cc1ccc(CC2(C(=O)O)SCCCS2)cc1. The number of hydrogen-bond acceptors (Lipinski definition) is 4. The van der Waals surface area contributed by atoms with Gasteiger partial charge in [-0.25, -0.2) is 4.79 Å². The third-order valence-corrected chi connectivity index (χ3v) is 6.07. The quantitative estimate of drug-likeness (QED) is 0.922. The van der Waals surface area contributed by atoms with Crippen molar-refractivity contribution in [3.05, 3.63) is 35.4 Å². The summed E-state index contributed by atoms with van der Waals surface area (Å²) in [6, 6.07) is 9.23. The third-order valence-electron chi connectivity index (χ3n) is 2.80. The van der Waals surface area contributed by atoms with Crippen molar-refractivity contribution < 1.29 is 9.90 Å². The van der Waals surface area contributed by atoms with Crippen LogP contribution in [0.3, 0.4) is 0 Å². The average molecular weight is 279 g/mol. The van der Waals surface area contributed by atoms with Gasteiger partial charge in [-0.15, -0.1) is 23.5 Å². The fourth-order valence-corrected chi connectivity index (χ4v) is 4.88. The zero-order valence-corrected chi connectivity index (χ0v) is 11.4. The number of hydrogen-bond donors (Lipinski definition) is 1. The molecule has 3 nitrogen and oxygen atoms in total. The molecule has 1 aromatic rings. The fraction of sp³-hybridized carbons (Fsp3) is 0.385. The lowest BCUT2D eigenvalue weighted by atomic mass is 10.1. The Balaban J connectivity index is 2.18. The lowest BCUT2D eigenvalue weighted by Crippen LogP contribution is -2.36. The molecular formula is C13H13NO2S2. The third kappa shape index (κ3) is 2.82. The first-order valence-corrected chi connectivity index (χ1v) is 7.64. The minimum Gasteiger partial charge on any atom is -0.480 e. The van der Waals surface area contributed by atoms with Gasteiger partial charge in [-0.2, -0.15) is 5.26 Å². The van der Waals surface area contributed by atoms with E-state index in [4.69, 9.17) is 5.26 Å². The summed E-state index contributed by atoms with van der Waals surface area (Å²) in [5.74, 6) is 1.05. The van der Waals surface area contributed by atoms with Gasteiger partial charge in [0.05, 0.1) is 11.6 Å². The van der Waals surface area contributed by atoms with Gasteiger partial charge < -0.3 is 5.11 Å². The summed E-state index contributed by atoms with van der Waals surface area (Å²) in [5.41, 5.74) is 1.57. The number of nitrogens with zero attached hydrogens (tertiary/aromatic N) is 1. The minimum atomic E-state index is -0.758. The number of aliphatic carboxylic acids is 1. The van der Waals surface area contributed by atoms with Gasteiger partial charge in [0.1, 0.15) is 0 Å². The minimum absolute atomic E-state index is 0.503. The second kappa shape index (κ2) is 5.68. The van der Waals surface area contributed by atoms with Gasteiger partial charge in [0, 0.05) is 6.42 Å². The van der Waals surface area contributed by atoms with Gasteiger partial charge in [0.25, 0.3) is 0 Å². The molecule has 0 saturated carbocycles. The highest BCUT2D eigenvalue weighted by molar-refractivity contribution is 8.19. The first-order chi connectivity index (χ1) is 8.66. The molecule has 0 unspecified atom stereocenters. The number of carboxylic acid groups (broad SMARTS) is 1. The monoisotopic (exact) mass is 279 g/mol. The summed E-state index contributed by atoms with van der Waals surface area (Å²) < 4.78 is -0.758. The van der Waals surface area contributed by atoms with Crippen LogP contribution in [-0.2, 0) is 11.2 Å². The molecule has 1 aromatic carbocycles. The maximum absolute atomic E-state index is 11.5. The topological polar surface area (TPSA) is 61.1 Å². The molecule has 2 rings (SSSR count). The highest BCUT2D eigenvalue weighted by Crippen LogP contribution is 2.44. The van der Waals surface area contributed by atoms with Crippen LogP contribution in [0, 0.1) is 11.3 Å². The van der Waals surface area contributed by atoms with Crippen molar-refractivity contribution in [3.63, 3.8) is 0 Å². The molecule has 0 amide bonds. The standard InChI is InChI=1S/C13H13NO2S2/c14-9-11-4-2-10(3-5-11)8-13(12(15)16)17-6-1-7-18-13/h2-5H,1,6-8H2,(H,15,16). The molecule has 0 atom stereocenters. The Morgan fingerprint density at radius 1 is 1.33 bits per heavy atom. The second-order valence-electron chi connectivity index (χ2n) is 4.09. The van der Waals surface area contributed by atoms with E-state index in [0.29, 0.717) is 12.0 Å². The molecule has 18 heavy (non-hydrogen) atoms. The zero-order chi connectivity index (χ0) is 13.0. The molecule has 1 N–H and O–H groups in total. The Bertz CT molecular complexity index is 473. The van der Waals surface area contributed by atoms with Crippen molar-refractivity contribution in [2.45, 2.75) is 16.9 Å². The van der Waals surface area contributed by atoms with Crippen molar-refractivity contribution in [1.82, 2.24) is 0 Å². The van der Waals surface area contributed by atoms with Crippen LogP contribution in [0.15, 0.2) is 24.3 Å². The van der Waals surface area contributed by atoms with Gasteiger partial charge in [-0.3, -0.25) is 0 Å². The van der Waals surface area contributed by atoms with Crippen LogP contribution in [0.1, 0.15) is 17.5 Å². The number of benzene rings is 1. The first kappa shape index (κ1) is 13.3. The molecule has 1 aliphatic rings. The summed E-state index contributed by atoms with van der Waals surface area (Å²) in [4.78, 5) is 11.5. The van der Waals surface area contributed by atoms with Gasteiger partial charge in [0.2, 0.25) is 0 Å². The van der Waals surface area contributed by atoms with Gasteiger partial charge in [0.15, 0.2) is 4.08 Å². The van der Waals surface area contributed by atoms with Crippen LogP contribution < -0.4 is 0 Å². The predicted octanol–water partition coefficient (Wildman–Crippen LogP) is 2.75. The number of carboxylic acids is 1. The van der Waals surface area contributed by atoms with Crippen LogP contribution in [0.25, 0.3) is 0 Å². The summed E-state index contributed by atoms with van der Waals surface area (Å²) in [5, 5.41) is 18.2. The van der Waals surface area contributed by atoms with Crippen molar-refractivity contribution in [2.75, 3.05) is 11.5 Å². The Morgan fingerprint density at radius 2 is 1.94 bits per heavy atom. The summed E-state index contributed by atoms with van der Waals surface area (Å²) >= 11 is 3.04. The van der Waals surface area contributed by atoms with Crippen LogP contribution in [0.5, 0.6) is 0 Å². The number of nitriles is 1. The Kier molecular flexibility index (Phi) is 4.20. The Hall–Kier alpha value is -1.12. The number of carbonyl (C=O) groups is 1. The van der Waals surface area contributed by atoms with E-state index in [9.17, 15) is 9.90 Å². The molecule has 0 bridgehead atoms. The molecule has 1 saturated heterocycles. The molecule has 1 heterocycles. The first-order valence-electron chi connectivity index (χ1n) is 5.67. The molecule has 0 aromatic heterocycles. The van der Waals surface area contributed by atoms with Gasteiger partial charge in [-0.1, -0.05) is 12.1 Å². The van der Waals surface area contributed by atoms with Crippen molar-refractivity contribution in [3.8, 4) is 6.07 Å². The van der Waals surface area contributed by atoms with E-state index in [1.54, 1.807) is 12.1 Å². The highest BCUT2D eigenvalue weighted by atomic mass is 32.2. The second-order valence-corrected chi connectivity index (χ2v) is 7.14. The van der Waals surface area contributed by atoms with E-state index in [1.807, 2.05) is 12.1 Å². The summed E-state index contributed by atoms with van der Waals surface area (Å²) in [6.45, 7) is 0. The van der Waals surface area contributed by atoms with E-state index in [1.165, 1.54) is 23.5 Å². The van der Waals surface area contributed by atoms with E-state index >= 15 is 0 Å². The largest absolute Gasteiger partial charge is 0.480 e. The van der Waals surface area contributed by atoms with Crippen LogP contribution >= 0.6 is 23.5 Å². The molecular weight excluding hydrogens is 266 g/mol. The smallest absolute Gasteiger partial charge is 0.330 e. The lowest BCUT2D eigenvalue weighted by molar-refractivity contribution is -0.137. The zero-order valence-electron chi connectivity index (χ0n) is 9.76. The van der Waals surface area contributed by atoms with Crippen molar-refractivity contribution in [2.24, 2.45) is 0 Å². The average Bonchev–Trinajstić information content (AvgIpc) is 2.40. The van der Waals surface area contributed by atoms with Gasteiger partial charge >= 0.3 is 5.97 Å². The summed E-state index contributed by atoms with van der Waals surface area (Å²) in [6.07, 6.45) is 1.57. The molecule has 5 heteroatoms. The molecule has 0 aliphatic carbocycles. The Labute approximate surface area is 115 Å². The molecule has 0 spiro atoms. The molecule has 94 valence electrons. The predicted molar refractivity (Wildman–Crippen MR) is 74.8 cm³/mol. The summed E-state index contributed by atoms with van der Waals surface area (Å²) in [7, 11) is 0. The van der Waals surface area contributed by atoms with Crippen molar-refractivity contribution in [1.29, 1.82) is 5.26 Å². The van der Waals surface area contributed by atoms with E-state index in [2.05, 4.69) is 6.07 Å². The normalized spacial score (nSPS) is 17.9. The van der Waals surface area contributed by atoms with E-state index in [0.717, 1.165) is 23.5 Å². The molecule has 1 aliphatic heterocycles. The fourth-order valence-electron chi connectivity index (χ4n) is 1.84. The maximum Gasteiger partial charge on any atom is 0.330 e. The van der Waals surface area contributed by atoms with E-state index in [-0.39, 0.29) is 0 Å².